The smallest absolute Gasteiger partial charge is 0.0423 e. The molecule has 2 rings (SSSR count). The van der Waals surface area contributed by atoms with Crippen molar-refractivity contribution in [2.24, 2.45) is 5.73 Å². The van der Waals surface area contributed by atoms with Crippen LogP contribution in [0.15, 0.2) is 41.3 Å². The second kappa shape index (κ2) is 5.38. The van der Waals surface area contributed by atoms with Gasteiger partial charge in [0.2, 0.25) is 0 Å². The fourth-order valence-corrected chi connectivity index (χ4v) is 1.89. The zero-order chi connectivity index (χ0) is 12.3. The zero-order valence-electron chi connectivity index (χ0n) is 9.60. The zero-order valence-corrected chi connectivity index (χ0v) is 11.2. The van der Waals surface area contributed by atoms with Gasteiger partial charge in [-0.2, -0.15) is 0 Å². The molecule has 0 amide bonds. The number of aromatic nitrogens is 2. The summed E-state index contributed by atoms with van der Waals surface area (Å²) in [5.41, 5.74) is 9.31. The average Bonchev–Trinajstić information content (AvgIpc) is 2.32. The van der Waals surface area contributed by atoms with E-state index in [4.69, 9.17) is 5.73 Å². The summed E-state index contributed by atoms with van der Waals surface area (Å²) in [4.78, 5) is 8.47. The van der Waals surface area contributed by atoms with Crippen molar-refractivity contribution < 1.29 is 0 Å². The fourth-order valence-electron chi connectivity index (χ4n) is 1.65. The van der Waals surface area contributed by atoms with E-state index in [9.17, 15) is 0 Å². The van der Waals surface area contributed by atoms with E-state index in [2.05, 4.69) is 32.0 Å². The fraction of sp³-hybridized carbons (Fsp3) is 0.231. The third kappa shape index (κ3) is 3.35. The maximum atomic E-state index is 6.14. The molecule has 0 bridgehead atoms. The van der Waals surface area contributed by atoms with Crippen molar-refractivity contribution in [3.05, 3.63) is 58.1 Å². The van der Waals surface area contributed by atoms with Crippen molar-refractivity contribution in [1.82, 2.24) is 9.97 Å². The Morgan fingerprint density at radius 3 is 2.76 bits per heavy atom. The Morgan fingerprint density at radius 1 is 1.29 bits per heavy atom. The van der Waals surface area contributed by atoms with Gasteiger partial charge in [0, 0.05) is 41.2 Å². The van der Waals surface area contributed by atoms with Crippen molar-refractivity contribution in [1.29, 1.82) is 0 Å². The van der Waals surface area contributed by atoms with Gasteiger partial charge in [-0.15, -0.1) is 0 Å². The van der Waals surface area contributed by atoms with Gasteiger partial charge in [-0.05, 0) is 46.1 Å². The summed E-state index contributed by atoms with van der Waals surface area (Å²) in [6.07, 6.45) is 6.15. The number of hydrogen-bond donors (Lipinski definition) is 1. The molecule has 0 radical (unpaired) electrons. The first-order valence-electron chi connectivity index (χ1n) is 5.43. The Hall–Kier alpha value is -1.26. The molecule has 4 heteroatoms. The number of aryl methyl sites for hydroxylation is 1. The van der Waals surface area contributed by atoms with Gasteiger partial charge in [-0.3, -0.25) is 9.97 Å². The van der Waals surface area contributed by atoms with E-state index in [-0.39, 0.29) is 6.04 Å². The third-order valence-electron chi connectivity index (χ3n) is 2.54. The lowest BCUT2D eigenvalue weighted by Crippen LogP contribution is -2.14. The molecule has 3 nitrogen and oxygen atoms in total. The Balaban J connectivity index is 2.11. The molecular formula is C13H14BrN3. The van der Waals surface area contributed by atoms with Gasteiger partial charge in [0.15, 0.2) is 0 Å². The van der Waals surface area contributed by atoms with Crippen molar-refractivity contribution >= 4 is 15.9 Å². The first-order chi connectivity index (χ1) is 8.15. The van der Waals surface area contributed by atoms with Crippen LogP contribution in [0.5, 0.6) is 0 Å². The Kier molecular flexibility index (Phi) is 3.86. The highest BCUT2D eigenvalue weighted by Crippen LogP contribution is 2.16. The molecular weight excluding hydrogens is 278 g/mol. The molecule has 88 valence electrons. The molecule has 1 atom stereocenters. The van der Waals surface area contributed by atoms with E-state index in [0.29, 0.717) is 0 Å². The first kappa shape index (κ1) is 12.2. The predicted octanol–water partition coefficient (Wildman–Crippen LogP) is 2.79. The van der Waals surface area contributed by atoms with Gasteiger partial charge in [0.1, 0.15) is 0 Å². The van der Waals surface area contributed by atoms with Gasteiger partial charge in [0.05, 0.1) is 0 Å². The molecule has 17 heavy (non-hydrogen) atoms. The van der Waals surface area contributed by atoms with E-state index in [1.165, 1.54) is 0 Å². The first-order valence-corrected chi connectivity index (χ1v) is 6.22. The van der Waals surface area contributed by atoms with Crippen LogP contribution in [0.25, 0.3) is 0 Å². The van der Waals surface area contributed by atoms with Crippen LogP contribution in [0, 0.1) is 6.92 Å². The lowest BCUT2D eigenvalue weighted by Gasteiger charge is -2.11. The lowest BCUT2D eigenvalue weighted by atomic mass is 10.0. The molecule has 2 N–H and O–H groups in total. The highest BCUT2D eigenvalue weighted by molar-refractivity contribution is 9.10. The number of nitrogens with two attached hydrogens (primary N) is 1. The minimum absolute atomic E-state index is 0.0592. The van der Waals surface area contributed by atoms with E-state index in [1.807, 2.05) is 31.5 Å². The normalized spacial score (nSPS) is 12.4. The standard InChI is InChI=1S/C13H14BrN3/c1-9-4-10(7-16-6-9)13(15)5-12-3-2-11(14)8-17-12/h2-4,6-8,13H,5,15H2,1H3. The molecule has 2 aromatic heterocycles. The summed E-state index contributed by atoms with van der Waals surface area (Å²) in [7, 11) is 0. The molecule has 2 aromatic rings. The molecule has 0 aromatic carbocycles. The molecule has 1 unspecified atom stereocenters. The van der Waals surface area contributed by atoms with Crippen LogP contribution in [0.3, 0.4) is 0 Å². The van der Waals surface area contributed by atoms with Crippen LogP contribution < -0.4 is 5.73 Å². The molecule has 0 spiro atoms. The monoisotopic (exact) mass is 291 g/mol. The van der Waals surface area contributed by atoms with E-state index >= 15 is 0 Å². The minimum atomic E-state index is -0.0592. The summed E-state index contributed by atoms with van der Waals surface area (Å²) in [5, 5.41) is 0. The van der Waals surface area contributed by atoms with E-state index in [0.717, 1.165) is 27.7 Å². The quantitative estimate of drug-likeness (QED) is 0.946. The Morgan fingerprint density at radius 2 is 2.12 bits per heavy atom. The average molecular weight is 292 g/mol. The van der Waals surface area contributed by atoms with Crippen molar-refractivity contribution in [3.8, 4) is 0 Å². The molecule has 2 heterocycles. The number of rotatable bonds is 3. The van der Waals surface area contributed by atoms with Crippen molar-refractivity contribution in [2.45, 2.75) is 19.4 Å². The van der Waals surface area contributed by atoms with E-state index in [1.54, 1.807) is 6.20 Å². The number of halogens is 1. The van der Waals surface area contributed by atoms with Gasteiger partial charge in [-0.25, -0.2) is 0 Å². The number of pyridine rings is 2. The molecule has 0 fully saturated rings. The van der Waals surface area contributed by atoms with Crippen LogP contribution in [0.1, 0.15) is 22.9 Å². The minimum Gasteiger partial charge on any atom is -0.324 e. The molecule has 0 saturated heterocycles. The second-order valence-electron chi connectivity index (χ2n) is 4.07. The highest BCUT2D eigenvalue weighted by atomic mass is 79.9. The summed E-state index contributed by atoms with van der Waals surface area (Å²) in [5.74, 6) is 0. The summed E-state index contributed by atoms with van der Waals surface area (Å²) < 4.78 is 0.979. The SMILES string of the molecule is Cc1cncc(C(N)Cc2ccc(Br)cn2)c1. The van der Waals surface area contributed by atoms with Crippen LogP contribution >= 0.6 is 15.9 Å². The molecule has 0 aliphatic heterocycles. The van der Waals surface area contributed by atoms with Crippen LogP contribution in [-0.4, -0.2) is 9.97 Å². The van der Waals surface area contributed by atoms with Gasteiger partial charge >= 0.3 is 0 Å². The lowest BCUT2D eigenvalue weighted by molar-refractivity contribution is 0.702. The van der Waals surface area contributed by atoms with Crippen molar-refractivity contribution in [3.63, 3.8) is 0 Å². The topological polar surface area (TPSA) is 51.8 Å². The highest BCUT2D eigenvalue weighted by Gasteiger charge is 2.08. The van der Waals surface area contributed by atoms with Crippen LogP contribution in [-0.2, 0) is 6.42 Å². The van der Waals surface area contributed by atoms with E-state index < -0.39 is 0 Å². The summed E-state index contributed by atoms with van der Waals surface area (Å²) >= 11 is 3.36. The molecule has 0 aliphatic carbocycles. The van der Waals surface area contributed by atoms with Crippen LogP contribution in [0.2, 0.25) is 0 Å². The summed E-state index contributed by atoms with van der Waals surface area (Å²) in [6, 6.07) is 5.96. The van der Waals surface area contributed by atoms with Gasteiger partial charge < -0.3 is 5.73 Å². The van der Waals surface area contributed by atoms with Crippen molar-refractivity contribution in [2.75, 3.05) is 0 Å². The predicted molar refractivity (Wildman–Crippen MR) is 71.5 cm³/mol. The Bertz CT molecular complexity index is 496. The number of nitrogens with zero attached hydrogens (tertiary/aromatic N) is 2. The maximum absolute atomic E-state index is 6.14. The maximum Gasteiger partial charge on any atom is 0.0423 e. The third-order valence-corrected chi connectivity index (χ3v) is 3.01. The van der Waals surface area contributed by atoms with Gasteiger partial charge in [-0.1, -0.05) is 6.07 Å². The number of hydrogen-bond acceptors (Lipinski definition) is 3. The Labute approximate surface area is 109 Å². The van der Waals surface area contributed by atoms with Crippen LogP contribution in [0.4, 0.5) is 0 Å². The molecule has 0 aliphatic rings. The molecule has 0 saturated carbocycles. The summed E-state index contributed by atoms with van der Waals surface area (Å²) in [6.45, 7) is 2.01. The largest absolute Gasteiger partial charge is 0.324 e. The second-order valence-corrected chi connectivity index (χ2v) is 4.99. The van der Waals surface area contributed by atoms with Gasteiger partial charge in [0.25, 0.3) is 0 Å².